The molecule has 0 aliphatic carbocycles. The Kier molecular flexibility index (Phi) is 2.78. The van der Waals surface area contributed by atoms with Gasteiger partial charge in [-0.1, -0.05) is 11.6 Å². The predicted molar refractivity (Wildman–Crippen MR) is 68.1 cm³/mol. The molecule has 96 valence electrons. The van der Waals surface area contributed by atoms with Crippen molar-refractivity contribution in [2.45, 2.75) is 24.9 Å². The first-order chi connectivity index (χ1) is 8.65. The van der Waals surface area contributed by atoms with Gasteiger partial charge in [0.05, 0.1) is 11.9 Å². The van der Waals surface area contributed by atoms with Crippen LogP contribution in [0.5, 0.6) is 0 Å². The van der Waals surface area contributed by atoms with Crippen LogP contribution in [-0.2, 0) is 0 Å². The van der Waals surface area contributed by atoms with Crippen molar-refractivity contribution in [1.29, 1.82) is 0 Å². The summed E-state index contributed by atoms with van der Waals surface area (Å²) in [5, 5.41) is 9.61. The topological polar surface area (TPSA) is 56.7 Å². The van der Waals surface area contributed by atoms with Crippen LogP contribution in [0.1, 0.15) is 12.8 Å². The van der Waals surface area contributed by atoms with E-state index in [-0.39, 0.29) is 12.1 Å². The minimum absolute atomic E-state index is 0.184. The van der Waals surface area contributed by atoms with E-state index in [0.29, 0.717) is 11.7 Å². The number of aromatic nitrogens is 1. The van der Waals surface area contributed by atoms with Gasteiger partial charge in [0.15, 0.2) is 0 Å². The lowest BCUT2D eigenvalue weighted by Crippen LogP contribution is -2.40. The normalized spacial score (nSPS) is 26.5. The molecule has 5 nitrogen and oxygen atoms in total. The van der Waals surface area contributed by atoms with E-state index < -0.39 is 6.09 Å². The molecule has 3 rings (SSSR count). The van der Waals surface area contributed by atoms with E-state index in [2.05, 4.69) is 9.88 Å². The minimum Gasteiger partial charge on any atom is -0.465 e. The maximum Gasteiger partial charge on any atom is 0.407 e. The Labute approximate surface area is 110 Å². The number of rotatable bonds is 1. The maximum atomic E-state index is 11.1. The van der Waals surface area contributed by atoms with Gasteiger partial charge in [0.25, 0.3) is 0 Å². The lowest BCUT2D eigenvalue weighted by atomic mass is 10.0. The lowest BCUT2D eigenvalue weighted by molar-refractivity contribution is 0.140. The number of nitrogens with zero attached hydrogens (tertiary/aromatic N) is 3. The Bertz CT molecular complexity index is 465. The van der Waals surface area contributed by atoms with Gasteiger partial charge in [0.1, 0.15) is 5.15 Å². The highest BCUT2D eigenvalue weighted by atomic mass is 35.5. The molecule has 6 heteroatoms. The summed E-state index contributed by atoms with van der Waals surface area (Å²) >= 11 is 5.78. The second-order valence-electron chi connectivity index (χ2n) is 4.80. The average Bonchev–Trinajstić information content (AvgIpc) is 2.69. The molecule has 0 radical (unpaired) electrons. The van der Waals surface area contributed by atoms with Crippen molar-refractivity contribution >= 4 is 23.4 Å². The van der Waals surface area contributed by atoms with Crippen LogP contribution < -0.4 is 4.90 Å². The number of amides is 1. The Morgan fingerprint density at radius 1 is 1.44 bits per heavy atom. The second-order valence-corrected chi connectivity index (χ2v) is 5.19. The van der Waals surface area contributed by atoms with Gasteiger partial charge in [-0.05, 0) is 25.0 Å². The summed E-state index contributed by atoms with van der Waals surface area (Å²) in [6.07, 6.45) is 2.74. The average molecular weight is 268 g/mol. The SMILES string of the molecule is O=C(O)N1CC2CC1CCN2c1ccc(Cl)nc1. The fourth-order valence-corrected chi connectivity index (χ4v) is 3.09. The van der Waals surface area contributed by atoms with E-state index in [4.69, 9.17) is 16.7 Å². The Morgan fingerprint density at radius 2 is 2.28 bits per heavy atom. The van der Waals surface area contributed by atoms with Crippen molar-refractivity contribution in [3.8, 4) is 0 Å². The van der Waals surface area contributed by atoms with E-state index in [1.54, 1.807) is 17.2 Å². The van der Waals surface area contributed by atoms with Crippen molar-refractivity contribution in [3.63, 3.8) is 0 Å². The van der Waals surface area contributed by atoms with Crippen LogP contribution in [0.15, 0.2) is 18.3 Å². The number of hydrogen-bond acceptors (Lipinski definition) is 3. The molecule has 1 aromatic rings. The Hall–Kier alpha value is -1.49. The number of hydrogen-bond donors (Lipinski definition) is 1. The number of carboxylic acid groups (broad SMARTS) is 1. The zero-order valence-electron chi connectivity index (χ0n) is 9.79. The lowest BCUT2D eigenvalue weighted by Gasteiger charge is -2.33. The number of halogens is 1. The van der Waals surface area contributed by atoms with Crippen molar-refractivity contribution in [2.24, 2.45) is 0 Å². The molecular weight excluding hydrogens is 254 g/mol. The molecule has 2 saturated heterocycles. The third kappa shape index (κ3) is 1.88. The summed E-state index contributed by atoms with van der Waals surface area (Å²) < 4.78 is 0. The number of anilines is 1. The van der Waals surface area contributed by atoms with Gasteiger partial charge < -0.3 is 14.9 Å². The molecule has 2 aliphatic rings. The Morgan fingerprint density at radius 3 is 2.94 bits per heavy atom. The molecule has 2 fully saturated rings. The molecule has 0 spiro atoms. The van der Waals surface area contributed by atoms with Gasteiger partial charge in [-0.25, -0.2) is 9.78 Å². The van der Waals surface area contributed by atoms with Gasteiger partial charge in [-0.15, -0.1) is 0 Å². The second kappa shape index (κ2) is 4.31. The number of carbonyl (C=O) groups is 1. The van der Waals surface area contributed by atoms with Crippen LogP contribution in [0.25, 0.3) is 0 Å². The fraction of sp³-hybridized carbons (Fsp3) is 0.500. The quantitative estimate of drug-likeness (QED) is 0.792. The third-order valence-corrected chi connectivity index (χ3v) is 4.05. The standard InChI is InChI=1S/C12H14ClN3O2/c13-11-2-1-9(6-14-11)15-4-3-8-5-10(15)7-16(8)12(17)18/h1-2,6,8,10H,3-5,7H2,(H,17,18). The number of fused-ring (bicyclic) bond motifs is 2. The van der Waals surface area contributed by atoms with E-state index in [1.807, 2.05) is 6.07 Å². The molecular formula is C12H14ClN3O2. The molecule has 0 aromatic carbocycles. The number of pyridine rings is 1. The number of piperidine rings is 1. The molecule has 18 heavy (non-hydrogen) atoms. The molecule has 2 unspecified atom stereocenters. The van der Waals surface area contributed by atoms with Crippen molar-refractivity contribution in [1.82, 2.24) is 9.88 Å². The molecule has 2 bridgehead atoms. The summed E-state index contributed by atoms with van der Waals surface area (Å²) in [5.74, 6) is 0. The molecule has 0 saturated carbocycles. The van der Waals surface area contributed by atoms with Crippen LogP contribution >= 0.6 is 11.6 Å². The Balaban J connectivity index is 1.80. The zero-order chi connectivity index (χ0) is 12.7. The molecule has 2 aliphatic heterocycles. The predicted octanol–water partition coefficient (Wildman–Crippen LogP) is 2.07. The summed E-state index contributed by atoms with van der Waals surface area (Å²) in [5.41, 5.74) is 1.02. The van der Waals surface area contributed by atoms with E-state index in [9.17, 15) is 4.79 Å². The first-order valence-electron chi connectivity index (χ1n) is 6.03. The smallest absolute Gasteiger partial charge is 0.407 e. The molecule has 1 amide bonds. The van der Waals surface area contributed by atoms with Gasteiger partial charge in [-0.3, -0.25) is 0 Å². The van der Waals surface area contributed by atoms with E-state index >= 15 is 0 Å². The van der Waals surface area contributed by atoms with Gasteiger partial charge in [0.2, 0.25) is 0 Å². The van der Waals surface area contributed by atoms with E-state index in [0.717, 1.165) is 25.1 Å². The van der Waals surface area contributed by atoms with Crippen LogP contribution in [0.4, 0.5) is 10.5 Å². The fourth-order valence-electron chi connectivity index (χ4n) is 2.97. The minimum atomic E-state index is -0.807. The van der Waals surface area contributed by atoms with E-state index in [1.165, 1.54) is 0 Å². The van der Waals surface area contributed by atoms with Crippen LogP contribution in [-0.4, -0.2) is 46.3 Å². The first kappa shape index (κ1) is 11.6. The van der Waals surface area contributed by atoms with Gasteiger partial charge in [0, 0.05) is 25.2 Å². The van der Waals surface area contributed by atoms with Crippen LogP contribution in [0, 0.1) is 0 Å². The number of likely N-dealkylation sites (tertiary alicyclic amines) is 1. The van der Waals surface area contributed by atoms with Crippen molar-refractivity contribution in [2.75, 3.05) is 18.0 Å². The highest BCUT2D eigenvalue weighted by Crippen LogP contribution is 2.33. The monoisotopic (exact) mass is 267 g/mol. The van der Waals surface area contributed by atoms with Crippen molar-refractivity contribution in [3.05, 3.63) is 23.5 Å². The highest BCUT2D eigenvalue weighted by Gasteiger charge is 2.41. The first-order valence-corrected chi connectivity index (χ1v) is 6.40. The highest BCUT2D eigenvalue weighted by molar-refractivity contribution is 6.29. The maximum absolute atomic E-state index is 11.1. The van der Waals surface area contributed by atoms with Crippen LogP contribution in [0.2, 0.25) is 5.15 Å². The summed E-state index contributed by atoms with van der Waals surface area (Å²) in [7, 11) is 0. The van der Waals surface area contributed by atoms with Crippen molar-refractivity contribution < 1.29 is 9.90 Å². The molecule has 1 aromatic heterocycles. The van der Waals surface area contributed by atoms with Gasteiger partial charge >= 0.3 is 6.09 Å². The summed E-state index contributed by atoms with van der Waals surface area (Å²) in [6.45, 7) is 1.46. The van der Waals surface area contributed by atoms with Crippen LogP contribution in [0.3, 0.4) is 0 Å². The molecule has 1 N–H and O–H groups in total. The molecule has 2 atom stereocenters. The zero-order valence-corrected chi connectivity index (χ0v) is 10.5. The summed E-state index contributed by atoms with van der Waals surface area (Å²) in [6, 6.07) is 4.17. The molecule has 3 heterocycles. The largest absolute Gasteiger partial charge is 0.465 e. The third-order valence-electron chi connectivity index (χ3n) is 3.83. The summed E-state index contributed by atoms with van der Waals surface area (Å²) in [4.78, 5) is 19.0. The van der Waals surface area contributed by atoms with Gasteiger partial charge in [-0.2, -0.15) is 0 Å².